The van der Waals surface area contributed by atoms with Gasteiger partial charge in [0.25, 0.3) is 5.91 Å². The summed E-state index contributed by atoms with van der Waals surface area (Å²) in [5.41, 5.74) is 0.124. The molecule has 0 aliphatic heterocycles. The van der Waals surface area contributed by atoms with Crippen molar-refractivity contribution in [1.82, 2.24) is 15.3 Å². The predicted octanol–water partition coefficient (Wildman–Crippen LogP) is 1.33. The molecule has 0 aliphatic carbocycles. The number of aliphatic hydroxyl groups is 1. The second kappa shape index (κ2) is 7.61. The van der Waals surface area contributed by atoms with Gasteiger partial charge in [-0.15, -0.1) is 11.8 Å². The number of nitrogens with zero attached hydrogens (tertiary/aromatic N) is 1. The highest BCUT2D eigenvalue weighted by Gasteiger charge is 2.27. The predicted molar refractivity (Wildman–Crippen MR) is 83.8 cm³/mol. The first-order valence-corrected chi connectivity index (χ1v) is 8.19. The summed E-state index contributed by atoms with van der Waals surface area (Å²) in [4.78, 5) is 30.1. The second-order valence-electron chi connectivity index (χ2n) is 5.10. The van der Waals surface area contributed by atoms with E-state index in [-0.39, 0.29) is 17.9 Å². The fraction of sp³-hybridized carbons (Fsp3) is 0.643. The molecule has 1 aromatic rings. The van der Waals surface area contributed by atoms with E-state index in [0.29, 0.717) is 22.8 Å². The molecule has 1 rings (SSSR count). The minimum atomic E-state index is -0.458. The molecule has 1 aromatic heterocycles. The van der Waals surface area contributed by atoms with Crippen molar-refractivity contribution >= 4 is 17.7 Å². The third-order valence-electron chi connectivity index (χ3n) is 3.97. The molecule has 6 nitrogen and oxygen atoms in total. The van der Waals surface area contributed by atoms with Crippen LogP contribution in [0.15, 0.2) is 9.82 Å². The molecule has 7 heteroatoms. The monoisotopic (exact) mass is 313 g/mol. The van der Waals surface area contributed by atoms with Crippen LogP contribution in [0.1, 0.15) is 42.7 Å². The number of thioether (sulfide) groups is 1. The molecule has 3 N–H and O–H groups in total. The van der Waals surface area contributed by atoms with Crippen LogP contribution in [0.5, 0.6) is 0 Å². The Morgan fingerprint density at radius 1 is 1.43 bits per heavy atom. The summed E-state index contributed by atoms with van der Waals surface area (Å²) in [6.45, 7) is 6.08. The lowest BCUT2D eigenvalue weighted by Crippen LogP contribution is -2.40. The smallest absolute Gasteiger partial charge is 0.346 e. The largest absolute Gasteiger partial charge is 0.396 e. The van der Waals surface area contributed by atoms with Gasteiger partial charge in [0.2, 0.25) is 0 Å². The Balaban J connectivity index is 2.98. The van der Waals surface area contributed by atoms with Gasteiger partial charge in [-0.25, -0.2) is 4.79 Å². The Morgan fingerprint density at radius 2 is 2.05 bits per heavy atom. The lowest BCUT2D eigenvalue weighted by molar-refractivity contribution is 0.0847. The molecule has 0 aromatic carbocycles. The molecule has 0 radical (unpaired) electrons. The van der Waals surface area contributed by atoms with Crippen molar-refractivity contribution in [3.05, 3.63) is 21.7 Å². The second-order valence-corrected chi connectivity index (χ2v) is 5.89. The van der Waals surface area contributed by atoms with Gasteiger partial charge in [-0.05, 0) is 26.0 Å². The molecule has 0 fully saturated rings. The maximum atomic E-state index is 12.4. The van der Waals surface area contributed by atoms with Crippen LogP contribution in [-0.2, 0) is 0 Å². The molecule has 1 amide bonds. The summed E-state index contributed by atoms with van der Waals surface area (Å²) in [6.07, 6.45) is 3.32. The van der Waals surface area contributed by atoms with Crippen LogP contribution in [0.25, 0.3) is 0 Å². The van der Waals surface area contributed by atoms with Crippen molar-refractivity contribution in [2.75, 3.05) is 19.4 Å². The lowest BCUT2D eigenvalue weighted by atomic mass is 9.83. The fourth-order valence-corrected chi connectivity index (χ4v) is 2.73. The summed E-state index contributed by atoms with van der Waals surface area (Å²) in [7, 11) is 0. The van der Waals surface area contributed by atoms with Crippen LogP contribution >= 0.6 is 11.8 Å². The molecule has 0 spiro atoms. The van der Waals surface area contributed by atoms with Gasteiger partial charge < -0.3 is 15.4 Å². The third-order valence-corrected chi connectivity index (χ3v) is 4.65. The van der Waals surface area contributed by atoms with E-state index in [4.69, 9.17) is 0 Å². The zero-order chi connectivity index (χ0) is 16.0. The summed E-state index contributed by atoms with van der Waals surface area (Å²) in [5.74, 6) is -0.277. The zero-order valence-electron chi connectivity index (χ0n) is 12.9. The number of aromatic amines is 1. The van der Waals surface area contributed by atoms with E-state index in [0.717, 1.165) is 12.8 Å². The molecular weight excluding hydrogens is 290 g/mol. The number of hydrogen-bond acceptors (Lipinski definition) is 5. The SMILES string of the molecule is CCC(CC)(CO)CNC(=O)c1c(SC)nc(=O)[nH]c1C. The maximum absolute atomic E-state index is 12.4. The molecule has 0 unspecified atom stereocenters. The van der Waals surface area contributed by atoms with Crippen LogP contribution < -0.4 is 11.0 Å². The minimum absolute atomic E-state index is 0.0263. The Hall–Kier alpha value is -1.34. The molecule has 0 aliphatic rings. The van der Waals surface area contributed by atoms with E-state index in [1.165, 1.54) is 11.8 Å². The highest BCUT2D eigenvalue weighted by Crippen LogP contribution is 2.25. The molecule has 118 valence electrons. The number of hydrogen-bond donors (Lipinski definition) is 3. The fourth-order valence-electron chi connectivity index (χ4n) is 2.11. The Kier molecular flexibility index (Phi) is 6.42. The number of amides is 1. The van der Waals surface area contributed by atoms with Crippen LogP contribution in [0, 0.1) is 12.3 Å². The van der Waals surface area contributed by atoms with Gasteiger partial charge in [-0.1, -0.05) is 13.8 Å². The summed E-state index contributed by atoms with van der Waals surface area (Å²) < 4.78 is 0. The first-order valence-electron chi connectivity index (χ1n) is 6.97. The van der Waals surface area contributed by atoms with Crippen LogP contribution in [-0.4, -0.2) is 40.4 Å². The topological polar surface area (TPSA) is 95.1 Å². The van der Waals surface area contributed by atoms with Crippen molar-refractivity contribution in [1.29, 1.82) is 0 Å². The number of rotatable bonds is 7. The molecular formula is C14H23N3O3S. The summed E-state index contributed by atoms with van der Waals surface area (Å²) >= 11 is 1.26. The zero-order valence-corrected chi connectivity index (χ0v) is 13.8. The normalized spacial score (nSPS) is 11.5. The average molecular weight is 313 g/mol. The van der Waals surface area contributed by atoms with Gasteiger partial charge >= 0.3 is 5.69 Å². The Bertz CT molecular complexity index is 545. The molecule has 0 saturated heterocycles. The summed E-state index contributed by atoms with van der Waals surface area (Å²) in [6, 6.07) is 0. The van der Waals surface area contributed by atoms with Gasteiger partial charge in [-0.2, -0.15) is 4.98 Å². The molecule has 0 bridgehead atoms. The van der Waals surface area contributed by atoms with Crippen molar-refractivity contribution < 1.29 is 9.90 Å². The number of carbonyl (C=O) groups is 1. The van der Waals surface area contributed by atoms with E-state index in [2.05, 4.69) is 15.3 Å². The minimum Gasteiger partial charge on any atom is -0.396 e. The molecule has 1 heterocycles. The van der Waals surface area contributed by atoms with Crippen LogP contribution in [0.2, 0.25) is 0 Å². The average Bonchev–Trinajstić information content (AvgIpc) is 2.48. The number of nitrogens with one attached hydrogen (secondary N) is 2. The Labute approximate surface area is 128 Å². The van der Waals surface area contributed by atoms with Gasteiger partial charge in [0, 0.05) is 17.7 Å². The molecule has 0 atom stereocenters. The van der Waals surface area contributed by atoms with Crippen LogP contribution in [0.4, 0.5) is 0 Å². The van der Waals surface area contributed by atoms with Gasteiger partial charge in [0.1, 0.15) is 5.03 Å². The molecule has 0 saturated carbocycles. The van der Waals surface area contributed by atoms with E-state index < -0.39 is 5.69 Å². The summed E-state index contributed by atoms with van der Waals surface area (Å²) in [5, 5.41) is 12.8. The Morgan fingerprint density at radius 3 is 2.52 bits per heavy atom. The number of aromatic nitrogens is 2. The standard InChI is InChI=1S/C14H23N3O3S/c1-5-14(6-2,8-18)7-15-11(19)10-9(3)16-13(20)17-12(10)21-4/h18H,5-8H2,1-4H3,(H,15,19)(H,16,17,20). The highest BCUT2D eigenvalue weighted by molar-refractivity contribution is 7.98. The quantitative estimate of drug-likeness (QED) is 0.521. The van der Waals surface area contributed by atoms with Crippen molar-refractivity contribution in [2.45, 2.75) is 38.6 Å². The van der Waals surface area contributed by atoms with Crippen molar-refractivity contribution in [3.8, 4) is 0 Å². The number of aryl methyl sites for hydroxylation is 1. The van der Waals surface area contributed by atoms with E-state index in [1.54, 1.807) is 13.2 Å². The van der Waals surface area contributed by atoms with Crippen LogP contribution in [0.3, 0.4) is 0 Å². The molecule has 21 heavy (non-hydrogen) atoms. The number of H-pyrrole nitrogens is 1. The van der Waals surface area contributed by atoms with E-state index >= 15 is 0 Å². The maximum Gasteiger partial charge on any atom is 0.346 e. The number of carbonyl (C=O) groups excluding carboxylic acids is 1. The van der Waals surface area contributed by atoms with Gasteiger partial charge in [0.05, 0.1) is 12.2 Å². The van der Waals surface area contributed by atoms with E-state index in [9.17, 15) is 14.7 Å². The first-order chi connectivity index (χ1) is 9.92. The van der Waals surface area contributed by atoms with Gasteiger partial charge in [-0.3, -0.25) is 4.79 Å². The first kappa shape index (κ1) is 17.7. The van der Waals surface area contributed by atoms with Crippen molar-refractivity contribution in [3.63, 3.8) is 0 Å². The third kappa shape index (κ3) is 4.07. The van der Waals surface area contributed by atoms with Crippen molar-refractivity contribution in [2.24, 2.45) is 5.41 Å². The highest BCUT2D eigenvalue weighted by atomic mass is 32.2. The van der Waals surface area contributed by atoms with Gasteiger partial charge in [0.15, 0.2) is 0 Å². The number of aliphatic hydroxyl groups excluding tert-OH is 1. The van der Waals surface area contributed by atoms with E-state index in [1.807, 2.05) is 13.8 Å². The lowest BCUT2D eigenvalue weighted by Gasteiger charge is -2.29.